The highest BCUT2D eigenvalue weighted by molar-refractivity contribution is 5.79. The Morgan fingerprint density at radius 3 is 2.62 bits per heavy atom. The molecule has 2 rings (SSSR count). The van der Waals surface area contributed by atoms with Gasteiger partial charge in [0, 0.05) is 39.4 Å². The van der Waals surface area contributed by atoms with E-state index in [1.165, 1.54) is 25.7 Å². The maximum Gasteiger partial charge on any atom is 0.191 e. The summed E-state index contributed by atoms with van der Waals surface area (Å²) in [4.78, 5) is 4.91. The van der Waals surface area contributed by atoms with Crippen LogP contribution in [0, 0.1) is 5.41 Å². The van der Waals surface area contributed by atoms with Crippen LogP contribution in [0.4, 0.5) is 0 Å². The number of unbranched alkanes of at least 4 members (excludes halogenated alkanes) is 1. The molecule has 0 atom stereocenters. The first-order valence-corrected chi connectivity index (χ1v) is 10.2. The number of hydrogen-bond donors (Lipinski definition) is 2. The van der Waals surface area contributed by atoms with Crippen LogP contribution in [0.3, 0.4) is 0 Å². The Bertz CT molecular complexity index is 496. The summed E-state index contributed by atoms with van der Waals surface area (Å²) in [6, 6.07) is 0. The monoisotopic (exact) mass is 364 g/mol. The van der Waals surface area contributed by atoms with Gasteiger partial charge in [0.1, 0.15) is 12.7 Å². The highest BCUT2D eigenvalue weighted by Gasteiger charge is 2.33. The van der Waals surface area contributed by atoms with E-state index in [-0.39, 0.29) is 0 Å². The maximum atomic E-state index is 5.61. The van der Waals surface area contributed by atoms with E-state index in [0.29, 0.717) is 5.41 Å². The van der Waals surface area contributed by atoms with E-state index in [4.69, 9.17) is 9.73 Å². The molecule has 1 aromatic heterocycles. The molecular weight excluding hydrogens is 328 g/mol. The predicted octanol–water partition coefficient (Wildman–Crippen LogP) is 2.60. The number of aryl methyl sites for hydroxylation is 1. The molecule has 1 fully saturated rings. The van der Waals surface area contributed by atoms with Crippen molar-refractivity contribution in [3.05, 3.63) is 12.7 Å². The molecule has 0 unspecified atom stereocenters. The second-order valence-electron chi connectivity index (χ2n) is 7.18. The molecular formula is C19H36N6O. The Kier molecular flexibility index (Phi) is 9.45. The van der Waals surface area contributed by atoms with Gasteiger partial charge >= 0.3 is 0 Å². The third-order valence-electron chi connectivity index (χ3n) is 5.16. The van der Waals surface area contributed by atoms with Gasteiger partial charge in [-0.1, -0.05) is 12.8 Å². The number of nitrogens with zero attached hydrogens (tertiary/aromatic N) is 4. The molecule has 148 valence electrons. The number of rotatable bonds is 12. The summed E-state index contributed by atoms with van der Waals surface area (Å²) in [6.45, 7) is 9.52. The number of guanidine groups is 1. The van der Waals surface area contributed by atoms with Crippen LogP contribution in [0.2, 0.25) is 0 Å². The van der Waals surface area contributed by atoms with Crippen molar-refractivity contribution < 1.29 is 4.74 Å². The van der Waals surface area contributed by atoms with Crippen molar-refractivity contribution in [2.75, 3.05) is 32.8 Å². The smallest absolute Gasteiger partial charge is 0.191 e. The number of ether oxygens (including phenoxy) is 1. The van der Waals surface area contributed by atoms with E-state index in [1.54, 1.807) is 12.7 Å². The summed E-state index contributed by atoms with van der Waals surface area (Å²) in [7, 11) is 0. The van der Waals surface area contributed by atoms with Crippen LogP contribution in [-0.2, 0) is 11.3 Å². The minimum absolute atomic E-state index is 0.339. The molecule has 0 amide bonds. The quantitative estimate of drug-likeness (QED) is 0.339. The topological polar surface area (TPSA) is 76.4 Å². The van der Waals surface area contributed by atoms with Crippen LogP contribution in [0.1, 0.15) is 58.8 Å². The van der Waals surface area contributed by atoms with E-state index in [2.05, 4.69) is 34.7 Å². The van der Waals surface area contributed by atoms with Gasteiger partial charge in [0.25, 0.3) is 0 Å². The van der Waals surface area contributed by atoms with Gasteiger partial charge < -0.3 is 19.9 Å². The Balaban J connectivity index is 1.74. The summed E-state index contributed by atoms with van der Waals surface area (Å²) in [6.07, 6.45) is 12.1. The summed E-state index contributed by atoms with van der Waals surface area (Å²) >= 11 is 0. The molecule has 1 saturated carbocycles. The molecule has 1 aliphatic carbocycles. The summed E-state index contributed by atoms with van der Waals surface area (Å²) in [5.74, 6) is 0.944. The van der Waals surface area contributed by atoms with Crippen molar-refractivity contribution in [1.82, 2.24) is 25.4 Å². The van der Waals surface area contributed by atoms with E-state index in [0.717, 1.165) is 64.6 Å². The van der Waals surface area contributed by atoms with Crippen molar-refractivity contribution in [1.29, 1.82) is 0 Å². The molecule has 2 N–H and O–H groups in total. The highest BCUT2D eigenvalue weighted by atomic mass is 16.5. The first kappa shape index (κ1) is 20.7. The molecule has 0 bridgehead atoms. The van der Waals surface area contributed by atoms with Crippen molar-refractivity contribution in [3.8, 4) is 0 Å². The fourth-order valence-electron chi connectivity index (χ4n) is 3.60. The van der Waals surface area contributed by atoms with Gasteiger partial charge in [0.05, 0.1) is 0 Å². The second kappa shape index (κ2) is 11.9. The molecule has 1 aromatic rings. The lowest BCUT2D eigenvalue weighted by Gasteiger charge is -2.27. The fraction of sp³-hybridized carbons (Fsp3) is 0.842. The minimum Gasteiger partial charge on any atom is -0.382 e. The van der Waals surface area contributed by atoms with Crippen LogP contribution in [0.15, 0.2) is 17.6 Å². The lowest BCUT2D eigenvalue weighted by molar-refractivity contribution is 0.107. The van der Waals surface area contributed by atoms with E-state index < -0.39 is 0 Å². The van der Waals surface area contributed by atoms with Crippen molar-refractivity contribution >= 4 is 5.96 Å². The van der Waals surface area contributed by atoms with Crippen LogP contribution in [-0.4, -0.2) is 53.6 Å². The van der Waals surface area contributed by atoms with E-state index >= 15 is 0 Å². The Labute approximate surface area is 158 Å². The zero-order valence-corrected chi connectivity index (χ0v) is 16.5. The molecule has 1 heterocycles. The second-order valence-corrected chi connectivity index (χ2v) is 7.18. The third-order valence-corrected chi connectivity index (χ3v) is 5.16. The molecule has 0 aromatic carbocycles. The molecule has 7 heteroatoms. The van der Waals surface area contributed by atoms with Crippen LogP contribution in [0.25, 0.3) is 0 Å². The molecule has 0 radical (unpaired) electrons. The standard InChI is InChI=1S/C19H36N6O/c1-3-20-18(21-12-7-8-13-25-16-23-24-17-25)22-15-19(9-5-6-10-19)11-14-26-4-2/h16-17H,3-15H2,1-2H3,(H2,20,21,22). The molecule has 7 nitrogen and oxygen atoms in total. The first-order chi connectivity index (χ1) is 12.8. The predicted molar refractivity (Wildman–Crippen MR) is 105 cm³/mol. The normalized spacial score (nSPS) is 16.8. The lowest BCUT2D eigenvalue weighted by Crippen LogP contribution is -2.39. The van der Waals surface area contributed by atoms with Gasteiger partial charge in [-0.2, -0.15) is 0 Å². The van der Waals surface area contributed by atoms with Gasteiger partial charge in [-0.15, -0.1) is 10.2 Å². The van der Waals surface area contributed by atoms with Gasteiger partial charge in [-0.25, -0.2) is 0 Å². The molecule has 26 heavy (non-hydrogen) atoms. The zero-order chi connectivity index (χ0) is 18.5. The number of aromatic nitrogens is 3. The van der Waals surface area contributed by atoms with Gasteiger partial charge in [-0.3, -0.25) is 4.99 Å². The summed E-state index contributed by atoms with van der Waals surface area (Å²) < 4.78 is 7.62. The Morgan fingerprint density at radius 2 is 1.92 bits per heavy atom. The molecule has 0 spiro atoms. The summed E-state index contributed by atoms with van der Waals surface area (Å²) in [5, 5.41) is 14.5. The van der Waals surface area contributed by atoms with Gasteiger partial charge in [0.2, 0.25) is 0 Å². The van der Waals surface area contributed by atoms with Crippen molar-refractivity contribution in [2.24, 2.45) is 10.4 Å². The largest absolute Gasteiger partial charge is 0.382 e. The van der Waals surface area contributed by atoms with E-state index in [9.17, 15) is 0 Å². The third kappa shape index (κ3) is 7.32. The van der Waals surface area contributed by atoms with Crippen LogP contribution >= 0.6 is 0 Å². The van der Waals surface area contributed by atoms with Gasteiger partial charge in [-0.05, 0) is 51.4 Å². The minimum atomic E-state index is 0.339. The molecule has 1 aliphatic rings. The van der Waals surface area contributed by atoms with Crippen LogP contribution in [0.5, 0.6) is 0 Å². The van der Waals surface area contributed by atoms with Crippen molar-refractivity contribution in [2.45, 2.75) is 65.3 Å². The maximum absolute atomic E-state index is 5.61. The number of hydrogen-bond acceptors (Lipinski definition) is 4. The lowest BCUT2D eigenvalue weighted by atomic mass is 9.83. The molecule has 0 saturated heterocycles. The Hall–Kier alpha value is -1.63. The van der Waals surface area contributed by atoms with Crippen molar-refractivity contribution in [3.63, 3.8) is 0 Å². The highest BCUT2D eigenvalue weighted by Crippen LogP contribution is 2.41. The molecule has 0 aliphatic heterocycles. The summed E-state index contributed by atoms with van der Waals surface area (Å²) in [5.41, 5.74) is 0.339. The van der Waals surface area contributed by atoms with Gasteiger partial charge in [0.15, 0.2) is 5.96 Å². The Morgan fingerprint density at radius 1 is 1.15 bits per heavy atom. The zero-order valence-electron chi connectivity index (χ0n) is 16.5. The number of nitrogens with one attached hydrogen (secondary N) is 2. The average Bonchev–Trinajstić information content (AvgIpc) is 3.32. The SMILES string of the molecule is CCNC(=NCC1(CCOCC)CCCC1)NCCCCn1cnnc1. The fourth-order valence-corrected chi connectivity index (χ4v) is 3.60. The van der Waals surface area contributed by atoms with Crippen LogP contribution < -0.4 is 10.6 Å². The first-order valence-electron chi connectivity index (χ1n) is 10.2. The van der Waals surface area contributed by atoms with E-state index in [1.807, 2.05) is 4.57 Å². The average molecular weight is 365 g/mol. The number of aliphatic imine (C=N–C) groups is 1.